The summed E-state index contributed by atoms with van der Waals surface area (Å²) >= 11 is 0. The van der Waals surface area contributed by atoms with Gasteiger partial charge in [0.25, 0.3) is 0 Å². The molecule has 4 nitrogen and oxygen atoms in total. The maximum Gasteiger partial charge on any atom is 0.144 e. The lowest BCUT2D eigenvalue weighted by Gasteiger charge is -2.38. The minimum absolute atomic E-state index is 0.234. The molecule has 1 fully saturated rings. The van der Waals surface area contributed by atoms with E-state index >= 15 is 0 Å². The van der Waals surface area contributed by atoms with Gasteiger partial charge in [-0.15, -0.1) is 0 Å². The molecule has 0 aliphatic heterocycles. The molecule has 4 heteroatoms. The molecule has 1 aliphatic carbocycles. The fourth-order valence-electron chi connectivity index (χ4n) is 2.01. The van der Waals surface area contributed by atoms with Gasteiger partial charge in [-0.2, -0.15) is 0 Å². The van der Waals surface area contributed by atoms with E-state index in [0.29, 0.717) is 11.3 Å². The van der Waals surface area contributed by atoms with Crippen molar-refractivity contribution in [3.8, 4) is 0 Å². The maximum absolute atomic E-state index is 8.65. The first kappa shape index (κ1) is 13.3. The molecule has 1 rings (SSSR count). The quantitative estimate of drug-likeness (QED) is 0.213. The Morgan fingerprint density at radius 2 is 2.12 bits per heavy atom. The highest BCUT2D eigenvalue weighted by Gasteiger charge is 2.31. The normalized spacial score (nSPS) is 20.6. The smallest absolute Gasteiger partial charge is 0.144 e. The highest BCUT2D eigenvalue weighted by Crippen LogP contribution is 2.39. The standard InChI is InChI=1S/C12H25N3O/c1-11(2,10(13)15-16)7-8-14-9-12(3)5-4-6-12/h14,16H,4-9H2,1-3H3,(H2,13,15). The van der Waals surface area contributed by atoms with Crippen molar-refractivity contribution >= 4 is 5.84 Å². The molecule has 0 spiro atoms. The minimum atomic E-state index is -0.234. The van der Waals surface area contributed by atoms with E-state index < -0.39 is 0 Å². The largest absolute Gasteiger partial charge is 0.409 e. The van der Waals surface area contributed by atoms with Crippen molar-refractivity contribution < 1.29 is 5.21 Å². The lowest BCUT2D eigenvalue weighted by atomic mass is 9.70. The second-order valence-corrected chi connectivity index (χ2v) is 5.96. The van der Waals surface area contributed by atoms with E-state index in [9.17, 15) is 0 Å². The van der Waals surface area contributed by atoms with Crippen LogP contribution in [0.1, 0.15) is 46.5 Å². The van der Waals surface area contributed by atoms with Crippen LogP contribution in [0.4, 0.5) is 0 Å². The van der Waals surface area contributed by atoms with Gasteiger partial charge in [0, 0.05) is 12.0 Å². The predicted molar refractivity (Wildman–Crippen MR) is 66.6 cm³/mol. The molecule has 0 unspecified atom stereocenters. The zero-order valence-corrected chi connectivity index (χ0v) is 10.7. The van der Waals surface area contributed by atoms with Gasteiger partial charge in [0.15, 0.2) is 0 Å². The highest BCUT2D eigenvalue weighted by molar-refractivity contribution is 5.85. The number of nitrogens with one attached hydrogen (secondary N) is 1. The fraction of sp³-hybridized carbons (Fsp3) is 0.917. The molecule has 1 aliphatic rings. The molecule has 0 aromatic carbocycles. The Kier molecular flexibility index (Phi) is 4.19. The van der Waals surface area contributed by atoms with Gasteiger partial charge in [-0.25, -0.2) is 0 Å². The van der Waals surface area contributed by atoms with Crippen molar-refractivity contribution in [2.24, 2.45) is 21.7 Å². The Morgan fingerprint density at radius 1 is 1.50 bits per heavy atom. The fourth-order valence-corrected chi connectivity index (χ4v) is 2.01. The summed E-state index contributed by atoms with van der Waals surface area (Å²) in [6.07, 6.45) is 4.93. The Hall–Kier alpha value is -0.770. The first-order valence-electron chi connectivity index (χ1n) is 6.08. The lowest BCUT2D eigenvalue weighted by Crippen LogP contribution is -2.40. The average molecular weight is 227 g/mol. The molecule has 0 aromatic rings. The zero-order chi connectivity index (χ0) is 12.2. The third kappa shape index (κ3) is 3.37. The van der Waals surface area contributed by atoms with Crippen LogP contribution in [0.2, 0.25) is 0 Å². The zero-order valence-electron chi connectivity index (χ0n) is 10.7. The molecule has 0 amide bonds. The van der Waals surface area contributed by atoms with Gasteiger partial charge >= 0.3 is 0 Å². The van der Waals surface area contributed by atoms with Gasteiger partial charge in [-0.3, -0.25) is 0 Å². The third-order valence-corrected chi connectivity index (χ3v) is 3.84. The van der Waals surface area contributed by atoms with Crippen LogP contribution >= 0.6 is 0 Å². The molecular formula is C12H25N3O. The Morgan fingerprint density at radius 3 is 2.56 bits per heavy atom. The Bertz CT molecular complexity index is 257. The summed E-state index contributed by atoms with van der Waals surface area (Å²) < 4.78 is 0. The molecule has 0 bridgehead atoms. The number of hydrogen-bond acceptors (Lipinski definition) is 3. The molecule has 0 aromatic heterocycles. The Balaban J connectivity index is 2.19. The van der Waals surface area contributed by atoms with Crippen LogP contribution in [0.3, 0.4) is 0 Å². The maximum atomic E-state index is 8.65. The van der Waals surface area contributed by atoms with E-state index in [0.717, 1.165) is 19.5 Å². The summed E-state index contributed by atoms with van der Waals surface area (Å²) in [6, 6.07) is 0. The SMILES string of the molecule is CC1(CNCCC(C)(C)C(N)=NO)CCC1. The number of nitrogens with two attached hydrogens (primary N) is 1. The van der Waals surface area contributed by atoms with Crippen LogP contribution in [-0.4, -0.2) is 24.1 Å². The van der Waals surface area contributed by atoms with E-state index in [4.69, 9.17) is 10.9 Å². The number of nitrogens with zero attached hydrogens (tertiary/aromatic N) is 1. The Labute approximate surface area is 98.3 Å². The molecule has 1 saturated carbocycles. The topological polar surface area (TPSA) is 70.6 Å². The van der Waals surface area contributed by atoms with Crippen LogP contribution in [0.5, 0.6) is 0 Å². The summed E-state index contributed by atoms with van der Waals surface area (Å²) in [5, 5.41) is 15.2. The second kappa shape index (κ2) is 5.04. The average Bonchev–Trinajstić information content (AvgIpc) is 2.20. The van der Waals surface area contributed by atoms with Crippen LogP contribution in [0, 0.1) is 10.8 Å². The molecule has 0 radical (unpaired) electrons. The van der Waals surface area contributed by atoms with Crippen molar-refractivity contribution in [3.05, 3.63) is 0 Å². The lowest BCUT2D eigenvalue weighted by molar-refractivity contribution is 0.155. The van der Waals surface area contributed by atoms with Crippen molar-refractivity contribution in [2.75, 3.05) is 13.1 Å². The van der Waals surface area contributed by atoms with Gasteiger partial charge in [-0.1, -0.05) is 32.3 Å². The summed E-state index contributed by atoms with van der Waals surface area (Å²) in [4.78, 5) is 0. The van der Waals surface area contributed by atoms with E-state index in [-0.39, 0.29) is 5.41 Å². The number of rotatable bonds is 6. The van der Waals surface area contributed by atoms with E-state index in [1.54, 1.807) is 0 Å². The van der Waals surface area contributed by atoms with Crippen LogP contribution in [0.15, 0.2) is 5.16 Å². The van der Waals surface area contributed by atoms with E-state index in [2.05, 4.69) is 17.4 Å². The minimum Gasteiger partial charge on any atom is -0.409 e. The van der Waals surface area contributed by atoms with E-state index in [1.807, 2.05) is 13.8 Å². The van der Waals surface area contributed by atoms with Crippen molar-refractivity contribution in [1.29, 1.82) is 0 Å². The van der Waals surface area contributed by atoms with Crippen LogP contribution in [0.25, 0.3) is 0 Å². The first-order chi connectivity index (χ1) is 7.40. The van der Waals surface area contributed by atoms with Gasteiger partial charge in [0.2, 0.25) is 0 Å². The predicted octanol–water partition coefficient (Wildman–Crippen LogP) is 1.93. The van der Waals surface area contributed by atoms with E-state index in [1.165, 1.54) is 19.3 Å². The summed E-state index contributed by atoms with van der Waals surface area (Å²) in [5.41, 5.74) is 5.91. The summed E-state index contributed by atoms with van der Waals surface area (Å²) in [6.45, 7) is 8.32. The molecule has 94 valence electrons. The number of hydrogen-bond donors (Lipinski definition) is 3. The second-order valence-electron chi connectivity index (χ2n) is 5.96. The molecule has 4 N–H and O–H groups in total. The molecule has 0 saturated heterocycles. The highest BCUT2D eigenvalue weighted by atomic mass is 16.4. The number of oxime groups is 1. The van der Waals surface area contributed by atoms with Crippen molar-refractivity contribution in [3.63, 3.8) is 0 Å². The van der Waals surface area contributed by atoms with Gasteiger partial charge in [-0.05, 0) is 31.2 Å². The van der Waals surface area contributed by atoms with Gasteiger partial charge < -0.3 is 16.3 Å². The molecule has 0 heterocycles. The van der Waals surface area contributed by atoms with Crippen LogP contribution in [-0.2, 0) is 0 Å². The van der Waals surface area contributed by atoms with Crippen molar-refractivity contribution in [2.45, 2.75) is 46.5 Å². The first-order valence-corrected chi connectivity index (χ1v) is 6.08. The van der Waals surface area contributed by atoms with Crippen LogP contribution < -0.4 is 11.1 Å². The number of amidine groups is 1. The molecular weight excluding hydrogens is 202 g/mol. The third-order valence-electron chi connectivity index (χ3n) is 3.84. The monoisotopic (exact) mass is 227 g/mol. The van der Waals surface area contributed by atoms with Crippen molar-refractivity contribution in [1.82, 2.24) is 5.32 Å². The van der Waals surface area contributed by atoms with Gasteiger partial charge in [0.1, 0.15) is 5.84 Å². The molecule has 16 heavy (non-hydrogen) atoms. The summed E-state index contributed by atoms with van der Waals surface area (Å²) in [5.74, 6) is 0.309. The molecule has 0 atom stereocenters. The summed E-state index contributed by atoms with van der Waals surface area (Å²) in [7, 11) is 0. The van der Waals surface area contributed by atoms with Gasteiger partial charge in [0.05, 0.1) is 0 Å².